The summed E-state index contributed by atoms with van der Waals surface area (Å²) < 4.78 is 26.0. The average Bonchev–Trinajstić information content (AvgIpc) is 2.32. The fraction of sp³-hybridized carbons (Fsp3) is 0.385. The Bertz CT molecular complexity index is 524. The number of nitrogens with two attached hydrogens (primary N) is 1. The molecule has 1 aromatic carbocycles. The maximum atomic E-state index is 12.3. The highest BCUT2D eigenvalue weighted by molar-refractivity contribution is 7.89. The van der Waals surface area contributed by atoms with Crippen molar-refractivity contribution in [3.05, 3.63) is 36.4 Å². The first-order chi connectivity index (χ1) is 8.39. The van der Waals surface area contributed by atoms with Crippen molar-refractivity contribution in [1.82, 2.24) is 4.31 Å². The molecule has 1 rings (SSSR count). The molecule has 1 aromatic rings. The lowest BCUT2D eigenvalue weighted by atomic mass is 10.2. The molecule has 0 atom stereocenters. The summed E-state index contributed by atoms with van der Waals surface area (Å²) in [5, 5.41) is 0. The molecule has 100 valence electrons. The third-order valence-electron chi connectivity index (χ3n) is 2.78. The van der Waals surface area contributed by atoms with Crippen molar-refractivity contribution < 1.29 is 8.42 Å². The van der Waals surface area contributed by atoms with Crippen molar-refractivity contribution in [2.75, 3.05) is 19.3 Å². The summed E-state index contributed by atoms with van der Waals surface area (Å²) in [5.74, 6) is 0. The fourth-order valence-corrected chi connectivity index (χ4v) is 3.11. The highest BCUT2D eigenvalue weighted by Gasteiger charge is 2.22. The minimum Gasteiger partial charge on any atom is -0.399 e. The molecule has 2 N–H and O–H groups in total. The van der Waals surface area contributed by atoms with Crippen molar-refractivity contribution in [3.8, 4) is 0 Å². The second-order valence-electron chi connectivity index (χ2n) is 4.28. The van der Waals surface area contributed by atoms with E-state index in [4.69, 9.17) is 5.73 Å². The third kappa shape index (κ3) is 3.34. The topological polar surface area (TPSA) is 63.4 Å². The molecule has 5 heteroatoms. The number of aryl methyl sites for hydroxylation is 1. The number of allylic oxidation sites excluding steroid dienone is 1. The zero-order valence-electron chi connectivity index (χ0n) is 10.9. The molecule has 0 unspecified atom stereocenters. The van der Waals surface area contributed by atoms with Crippen LogP contribution in [0.1, 0.15) is 18.4 Å². The molecular formula is C13H20N2O2S. The van der Waals surface area contributed by atoms with E-state index >= 15 is 0 Å². The molecule has 0 aromatic heterocycles. The van der Waals surface area contributed by atoms with Crippen LogP contribution in [0.5, 0.6) is 0 Å². The summed E-state index contributed by atoms with van der Waals surface area (Å²) in [6.45, 7) is 5.86. The van der Waals surface area contributed by atoms with Crippen molar-refractivity contribution in [2.45, 2.75) is 24.7 Å². The first-order valence-electron chi connectivity index (χ1n) is 5.83. The van der Waals surface area contributed by atoms with Crippen LogP contribution >= 0.6 is 0 Å². The van der Waals surface area contributed by atoms with Gasteiger partial charge in [0.2, 0.25) is 10.0 Å². The molecule has 4 nitrogen and oxygen atoms in total. The molecule has 0 aliphatic heterocycles. The van der Waals surface area contributed by atoms with Gasteiger partial charge < -0.3 is 5.73 Å². The van der Waals surface area contributed by atoms with Gasteiger partial charge in [0.25, 0.3) is 0 Å². The second kappa shape index (κ2) is 6.02. The summed E-state index contributed by atoms with van der Waals surface area (Å²) >= 11 is 0. The molecule has 0 fully saturated rings. The van der Waals surface area contributed by atoms with Crippen LogP contribution in [-0.2, 0) is 10.0 Å². The Balaban J connectivity index is 2.98. The van der Waals surface area contributed by atoms with Gasteiger partial charge in [-0.2, -0.15) is 0 Å². The lowest BCUT2D eigenvalue weighted by Crippen LogP contribution is -2.28. The highest BCUT2D eigenvalue weighted by Crippen LogP contribution is 2.21. The number of rotatable bonds is 6. The highest BCUT2D eigenvalue weighted by atomic mass is 32.2. The van der Waals surface area contributed by atoms with Crippen LogP contribution in [-0.4, -0.2) is 26.3 Å². The Morgan fingerprint density at radius 3 is 2.72 bits per heavy atom. The minimum absolute atomic E-state index is 0.281. The van der Waals surface area contributed by atoms with E-state index in [9.17, 15) is 8.42 Å². The van der Waals surface area contributed by atoms with E-state index in [1.807, 2.05) is 0 Å². The summed E-state index contributed by atoms with van der Waals surface area (Å²) in [7, 11) is -1.87. The second-order valence-corrected chi connectivity index (χ2v) is 6.30. The largest absolute Gasteiger partial charge is 0.399 e. The van der Waals surface area contributed by atoms with Crippen LogP contribution in [0.15, 0.2) is 35.7 Å². The molecule has 0 spiro atoms. The Kier molecular flexibility index (Phi) is 4.93. The number of hydrogen-bond donors (Lipinski definition) is 1. The normalized spacial score (nSPS) is 11.7. The van der Waals surface area contributed by atoms with E-state index in [-0.39, 0.29) is 4.90 Å². The van der Waals surface area contributed by atoms with E-state index in [2.05, 4.69) is 6.58 Å². The van der Waals surface area contributed by atoms with Crippen molar-refractivity contribution >= 4 is 15.7 Å². The number of nitrogen functional groups attached to an aromatic ring is 1. The molecule has 0 amide bonds. The van der Waals surface area contributed by atoms with E-state index in [1.165, 1.54) is 10.4 Å². The Labute approximate surface area is 109 Å². The van der Waals surface area contributed by atoms with Gasteiger partial charge >= 0.3 is 0 Å². The molecule has 0 radical (unpaired) electrons. The zero-order valence-corrected chi connectivity index (χ0v) is 11.7. The monoisotopic (exact) mass is 268 g/mol. The van der Waals surface area contributed by atoms with Crippen molar-refractivity contribution in [2.24, 2.45) is 0 Å². The standard InChI is InChI=1S/C13H20N2O2S/c1-4-5-6-9-15(3)18(16,17)13-10-12(14)8-7-11(13)2/h4,7-8,10H,1,5-6,9,14H2,2-3H3. The number of unbranched alkanes of at least 4 members (excludes halogenated alkanes) is 1. The summed E-state index contributed by atoms with van der Waals surface area (Å²) in [4.78, 5) is 0.281. The fourth-order valence-electron chi connectivity index (χ4n) is 1.64. The van der Waals surface area contributed by atoms with Crippen LogP contribution in [0, 0.1) is 6.92 Å². The molecule has 0 saturated carbocycles. The Morgan fingerprint density at radius 1 is 1.44 bits per heavy atom. The maximum absolute atomic E-state index is 12.3. The Morgan fingerprint density at radius 2 is 2.11 bits per heavy atom. The zero-order chi connectivity index (χ0) is 13.8. The molecule has 18 heavy (non-hydrogen) atoms. The SMILES string of the molecule is C=CCCCN(C)S(=O)(=O)c1cc(N)ccc1C. The number of anilines is 1. The van der Waals surface area contributed by atoms with E-state index < -0.39 is 10.0 Å². The minimum atomic E-state index is -3.45. The number of nitrogens with zero attached hydrogens (tertiary/aromatic N) is 1. The number of benzene rings is 1. The number of hydrogen-bond acceptors (Lipinski definition) is 3. The third-order valence-corrected chi connectivity index (χ3v) is 4.78. The van der Waals surface area contributed by atoms with Crippen LogP contribution in [0.3, 0.4) is 0 Å². The molecule has 0 aliphatic carbocycles. The van der Waals surface area contributed by atoms with Gasteiger partial charge in [0, 0.05) is 19.3 Å². The van der Waals surface area contributed by atoms with Crippen molar-refractivity contribution in [1.29, 1.82) is 0 Å². The van der Waals surface area contributed by atoms with Gasteiger partial charge in [-0.15, -0.1) is 6.58 Å². The van der Waals surface area contributed by atoms with E-state index in [0.717, 1.165) is 12.8 Å². The number of sulfonamides is 1. The molecule has 0 heterocycles. The lowest BCUT2D eigenvalue weighted by Gasteiger charge is -2.18. The van der Waals surface area contributed by atoms with Crippen LogP contribution in [0.25, 0.3) is 0 Å². The molecule has 0 bridgehead atoms. The quantitative estimate of drug-likeness (QED) is 0.488. The van der Waals surface area contributed by atoms with E-state index in [1.54, 1.807) is 32.2 Å². The smallest absolute Gasteiger partial charge is 0.243 e. The van der Waals surface area contributed by atoms with Gasteiger partial charge in [0.15, 0.2) is 0 Å². The van der Waals surface area contributed by atoms with Gasteiger partial charge in [0.1, 0.15) is 0 Å². The predicted molar refractivity (Wildman–Crippen MR) is 74.8 cm³/mol. The van der Waals surface area contributed by atoms with Crippen molar-refractivity contribution in [3.63, 3.8) is 0 Å². The molecule has 0 aliphatic rings. The maximum Gasteiger partial charge on any atom is 0.243 e. The predicted octanol–water partition coefficient (Wildman–Crippen LogP) is 2.16. The van der Waals surface area contributed by atoms with Gasteiger partial charge in [0.05, 0.1) is 4.90 Å². The summed E-state index contributed by atoms with van der Waals surface area (Å²) in [6.07, 6.45) is 3.35. The molecule has 0 saturated heterocycles. The van der Waals surface area contributed by atoms with E-state index in [0.29, 0.717) is 17.8 Å². The van der Waals surface area contributed by atoms with Gasteiger partial charge in [-0.05, 0) is 37.5 Å². The van der Waals surface area contributed by atoms with Crippen LogP contribution < -0.4 is 5.73 Å². The summed E-state index contributed by atoms with van der Waals surface area (Å²) in [6, 6.07) is 4.93. The first kappa shape index (κ1) is 14.7. The molecular weight excluding hydrogens is 248 g/mol. The van der Waals surface area contributed by atoms with Gasteiger partial charge in [-0.25, -0.2) is 12.7 Å². The van der Waals surface area contributed by atoms with Gasteiger partial charge in [-0.1, -0.05) is 12.1 Å². The Hall–Kier alpha value is -1.33. The summed E-state index contributed by atoms with van der Waals surface area (Å²) in [5.41, 5.74) is 6.81. The average molecular weight is 268 g/mol. The van der Waals surface area contributed by atoms with Crippen LogP contribution in [0.4, 0.5) is 5.69 Å². The van der Waals surface area contributed by atoms with Crippen LogP contribution in [0.2, 0.25) is 0 Å². The lowest BCUT2D eigenvalue weighted by molar-refractivity contribution is 0.462. The first-order valence-corrected chi connectivity index (χ1v) is 7.27. The van der Waals surface area contributed by atoms with Gasteiger partial charge in [-0.3, -0.25) is 0 Å².